The molecule has 0 bridgehead atoms. The van der Waals surface area contributed by atoms with Gasteiger partial charge in [-0.05, 0) is 0 Å². The Morgan fingerprint density at radius 1 is 1.29 bits per heavy atom. The first kappa shape index (κ1) is 15.7. The molecule has 98 valence electrons. The molecule has 0 saturated carbocycles. The van der Waals surface area contributed by atoms with Gasteiger partial charge in [-0.15, -0.1) is 0 Å². The van der Waals surface area contributed by atoms with Gasteiger partial charge in [0.05, 0.1) is 12.6 Å². The van der Waals surface area contributed by atoms with Crippen LogP contribution in [0.25, 0.3) is 0 Å². The zero-order valence-electron chi connectivity index (χ0n) is 8.92. The number of hydrogen-bond donors (Lipinski definition) is 6. The third-order valence-corrected chi connectivity index (χ3v) is 2.16. The van der Waals surface area contributed by atoms with E-state index < -0.39 is 43.0 Å². The first-order chi connectivity index (χ1) is 7.92. The van der Waals surface area contributed by atoms with Gasteiger partial charge in [0.25, 0.3) is 0 Å². The molecule has 0 aliphatic rings. The Kier molecular flexibility index (Phi) is 7.26. The number of rotatable bonds is 7. The van der Waals surface area contributed by atoms with Crippen molar-refractivity contribution in [3.05, 3.63) is 0 Å². The van der Waals surface area contributed by atoms with Crippen LogP contribution in [0.15, 0.2) is 0 Å². The number of thiol groups is 1. The maximum absolute atomic E-state index is 11.3. The van der Waals surface area contributed by atoms with E-state index in [9.17, 15) is 14.4 Å². The van der Waals surface area contributed by atoms with Crippen molar-refractivity contribution in [3.63, 3.8) is 0 Å². The molecule has 0 aromatic rings. The zero-order chi connectivity index (χ0) is 13.4. The fourth-order valence-corrected chi connectivity index (χ4v) is 1.01. The minimum absolute atomic E-state index is 0.0841. The van der Waals surface area contributed by atoms with E-state index in [4.69, 9.17) is 15.9 Å². The van der Waals surface area contributed by atoms with Crippen molar-refractivity contribution in [1.82, 2.24) is 10.6 Å². The van der Waals surface area contributed by atoms with Gasteiger partial charge in [-0.2, -0.15) is 12.6 Å². The van der Waals surface area contributed by atoms with Crippen LogP contribution in [0.2, 0.25) is 0 Å². The fraction of sp³-hybridized carbons (Fsp3) is 0.625. The average molecular weight is 265 g/mol. The summed E-state index contributed by atoms with van der Waals surface area (Å²) in [4.78, 5) is 32.8. The molecule has 0 aromatic carbocycles. The number of carboxylic acid groups (broad SMARTS) is 1. The summed E-state index contributed by atoms with van der Waals surface area (Å²) in [6.07, 6.45) is 0. The number of amides is 2. The van der Waals surface area contributed by atoms with Gasteiger partial charge in [0, 0.05) is 5.75 Å². The number of aliphatic hydroxyl groups excluding tert-OH is 1. The third-order valence-electron chi connectivity index (χ3n) is 1.76. The van der Waals surface area contributed by atoms with Crippen LogP contribution < -0.4 is 16.4 Å². The van der Waals surface area contributed by atoms with Crippen LogP contribution in [0, 0.1) is 0 Å². The molecule has 9 heteroatoms. The lowest BCUT2D eigenvalue weighted by Crippen LogP contribution is -2.54. The summed E-state index contributed by atoms with van der Waals surface area (Å²) in [5, 5.41) is 21.4. The molecule has 0 rings (SSSR count). The standard InChI is InChI=1S/C8H15N3O5S/c9-4(3-17)7(15)11-5(2-12)8(16)10-1-6(13)14/h4-5,12,17H,1-3,9H2,(H,10,16)(H,11,15)(H,13,14). The molecule has 8 nitrogen and oxygen atoms in total. The number of carbonyl (C=O) groups excluding carboxylic acids is 2. The quantitative estimate of drug-likeness (QED) is 0.270. The second-order valence-electron chi connectivity index (χ2n) is 3.14. The number of aliphatic carboxylic acids is 1. The Balaban J connectivity index is 4.27. The first-order valence-corrected chi connectivity index (χ1v) is 5.32. The first-order valence-electron chi connectivity index (χ1n) is 4.69. The summed E-state index contributed by atoms with van der Waals surface area (Å²) in [6, 6.07) is -2.13. The molecule has 2 unspecified atom stereocenters. The maximum Gasteiger partial charge on any atom is 0.322 e. The fourth-order valence-electron chi connectivity index (χ4n) is 0.842. The number of nitrogens with one attached hydrogen (secondary N) is 2. The molecule has 0 saturated heterocycles. The van der Waals surface area contributed by atoms with Gasteiger partial charge < -0.3 is 26.6 Å². The molecule has 0 fully saturated rings. The Hall–Kier alpha value is -1.32. The smallest absolute Gasteiger partial charge is 0.322 e. The highest BCUT2D eigenvalue weighted by atomic mass is 32.1. The van der Waals surface area contributed by atoms with Crippen molar-refractivity contribution in [2.45, 2.75) is 12.1 Å². The largest absolute Gasteiger partial charge is 0.480 e. The van der Waals surface area contributed by atoms with E-state index in [0.717, 1.165) is 0 Å². The predicted molar refractivity (Wildman–Crippen MR) is 61.5 cm³/mol. The molecular formula is C8H15N3O5S. The number of carboxylic acids is 1. The lowest BCUT2D eigenvalue weighted by molar-refractivity contribution is -0.138. The molecule has 2 atom stereocenters. The molecule has 0 radical (unpaired) electrons. The molecule has 0 spiro atoms. The van der Waals surface area contributed by atoms with E-state index >= 15 is 0 Å². The van der Waals surface area contributed by atoms with Crippen molar-refractivity contribution < 1.29 is 24.6 Å². The van der Waals surface area contributed by atoms with Crippen LogP contribution in [0.1, 0.15) is 0 Å². The highest BCUT2D eigenvalue weighted by molar-refractivity contribution is 7.80. The molecule has 0 heterocycles. The van der Waals surface area contributed by atoms with Crippen LogP contribution in [-0.2, 0) is 14.4 Å². The molecule has 17 heavy (non-hydrogen) atoms. The zero-order valence-corrected chi connectivity index (χ0v) is 9.81. The summed E-state index contributed by atoms with van der Waals surface area (Å²) in [6.45, 7) is -1.25. The van der Waals surface area contributed by atoms with E-state index in [1.54, 1.807) is 0 Å². The molecule has 0 aliphatic heterocycles. The number of nitrogens with two attached hydrogens (primary N) is 1. The van der Waals surface area contributed by atoms with E-state index in [-0.39, 0.29) is 5.75 Å². The van der Waals surface area contributed by atoms with Crippen molar-refractivity contribution in [3.8, 4) is 0 Å². The second-order valence-corrected chi connectivity index (χ2v) is 3.51. The van der Waals surface area contributed by atoms with E-state index in [0.29, 0.717) is 0 Å². The monoisotopic (exact) mass is 265 g/mol. The van der Waals surface area contributed by atoms with Crippen LogP contribution in [0.5, 0.6) is 0 Å². The lowest BCUT2D eigenvalue weighted by atomic mass is 10.2. The number of carbonyl (C=O) groups is 3. The molecule has 2 amide bonds. The minimum Gasteiger partial charge on any atom is -0.480 e. The van der Waals surface area contributed by atoms with Crippen molar-refractivity contribution in [1.29, 1.82) is 0 Å². The Morgan fingerprint density at radius 3 is 2.29 bits per heavy atom. The van der Waals surface area contributed by atoms with Gasteiger partial charge in [-0.3, -0.25) is 14.4 Å². The third kappa shape index (κ3) is 6.09. The second kappa shape index (κ2) is 7.87. The Bertz CT molecular complexity index is 299. The summed E-state index contributed by atoms with van der Waals surface area (Å²) in [5.41, 5.74) is 5.35. The Labute approximate surface area is 103 Å². The van der Waals surface area contributed by atoms with Crippen LogP contribution >= 0.6 is 12.6 Å². The van der Waals surface area contributed by atoms with Crippen molar-refractivity contribution >= 4 is 30.4 Å². The molecular weight excluding hydrogens is 250 g/mol. The Morgan fingerprint density at radius 2 is 1.88 bits per heavy atom. The van der Waals surface area contributed by atoms with Crippen molar-refractivity contribution in [2.75, 3.05) is 18.9 Å². The van der Waals surface area contributed by atoms with Crippen LogP contribution in [0.4, 0.5) is 0 Å². The highest BCUT2D eigenvalue weighted by Crippen LogP contribution is 1.88. The molecule has 0 aromatic heterocycles. The summed E-state index contributed by atoms with van der Waals surface area (Å²) >= 11 is 3.80. The van der Waals surface area contributed by atoms with E-state index in [1.165, 1.54) is 0 Å². The van der Waals surface area contributed by atoms with E-state index in [2.05, 4.69) is 17.9 Å². The topological polar surface area (TPSA) is 142 Å². The summed E-state index contributed by atoms with van der Waals surface area (Å²) in [7, 11) is 0. The van der Waals surface area contributed by atoms with Crippen molar-refractivity contribution in [2.24, 2.45) is 5.73 Å². The molecule has 0 aliphatic carbocycles. The van der Waals surface area contributed by atoms with Crippen LogP contribution in [0.3, 0.4) is 0 Å². The lowest BCUT2D eigenvalue weighted by Gasteiger charge is -2.17. The van der Waals surface area contributed by atoms with Crippen LogP contribution in [-0.4, -0.2) is 59.0 Å². The maximum atomic E-state index is 11.3. The van der Waals surface area contributed by atoms with Gasteiger partial charge in [0.2, 0.25) is 11.8 Å². The number of hydrogen-bond acceptors (Lipinski definition) is 6. The van der Waals surface area contributed by atoms with Gasteiger partial charge in [0.15, 0.2) is 0 Å². The van der Waals surface area contributed by atoms with E-state index in [1.807, 2.05) is 5.32 Å². The normalized spacial score (nSPS) is 13.6. The van der Waals surface area contributed by atoms with Gasteiger partial charge in [0.1, 0.15) is 12.6 Å². The molecule has 6 N–H and O–H groups in total. The van der Waals surface area contributed by atoms with Gasteiger partial charge in [-0.1, -0.05) is 0 Å². The summed E-state index contributed by atoms with van der Waals surface area (Å²) < 4.78 is 0. The van der Waals surface area contributed by atoms with Gasteiger partial charge in [-0.25, -0.2) is 0 Å². The SMILES string of the molecule is NC(CS)C(=O)NC(CO)C(=O)NCC(=O)O. The summed E-state index contributed by atoms with van der Waals surface area (Å²) in [5.74, 6) is -2.59. The highest BCUT2D eigenvalue weighted by Gasteiger charge is 2.22. The number of aliphatic hydroxyl groups is 1. The van der Waals surface area contributed by atoms with Gasteiger partial charge >= 0.3 is 5.97 Å². The minimum atomic E-state index is -1.23. The predicted octanol–water partition coefficient (Wildman–Crippen LogP) is -3.08. The average Bonchev–Trinajstić information content (AvgIpc) is 2.31.